The molecule has 5 atom stereocenters. The lowest BCUT2D eigenvalue weighted by Gasteiger charge is -2.27. The summed E-state index contributed by atoms with van der Waals surface area (Å²) >= 11 is 0. The van der Waals surface area contributed by atoms with Gasteiger partial charge in [-0.15, -0.1) is 0 Å². The Bertz CT molecular complexity index is 1260. The highest BCUT2D eigenvalue weighted by molar-refractivity contribution is 7.60. The third-order valence-corrected chi connectivity index (χ3v) is 7.10. The van der Waals surface area contributed by atoms with E-state index in [0.717, 1.165) is 6.33 Å². The fraction of sp³-hybridized carbons (Fsp3) is 0.429. The molecule has 180 valence electrons. The molecule has 2 aliphatic rings. The van der Waals surface area contributed by atoms with Crippen LogP contribution >= 0.6 is 15.6 Å². The van der Waals surface area contributed by atoms with Gasteiger partial charge in [0.2, 0.25) is 0 Å². The lowest BCUT2D eigenvalue weighted by molar-refractivity contribution is -0.0947. The molecular formula is C14H18N6O11P2. The Kier molecular flexibility index (Phi) is 5.70. The molecule has 17 nitrogen and oxygen atoms in total. The largest absolute Gasteiger partial charge is 0.481 e. The van der Waals surface area contributed by atoms with Gasteiger partial charge in [-0.1, -0.05) is 0 Å². The molecule has 8 N–H and O–H groups in total. The zero-order valence-electron chi connectivity index (χ0n) is 16.5. The third kappa shape index (κ3) is 4.43. The minimum absolute atomic E-state index is 0.0943. The molecule has 2 aromatic heterocycles. The normalized spacial score (nSPS) is 29.5. The third-order valence-electron chi connectivity index (χ3n) is 4.95. The number of aliphatic hydroxyl groups excluding tert-OH is 1. The number of aliphatic hydroxyl groups is 2. The summed E-state index contributed by atoms with van der Waals surface area (Å²) in [6.45, 7) is 0.333. The first-order chi connectivity index (χ1) is 15.2. The van der Waals surface area contributed by atoms with Gasteiger partial charge in [-0.2, -0.15) is 9.30 Å². The van der Waals surface area contributed by atoms with Gasteiger partial charge < -0.3 is 39.9 Å². The monoisotopic (exact) mass is 508 g/mol. The molecule has 2 aliphatic heterocycles. The smallest absolute Gasteiger partial charge is 0.387 e. The summed E-state index contributed by atoms with van der Waals surface area (Å²) in [5.74, 6) is -0.0736. The Morgan fingerprint density at radius 2 is 2.03 bits per heavy atom. The molecule has 0 bridgehead atoms. The average Bonchev–Trinajstić information content (AvgIpc) is 3.10. The topological polar surface area (TPSA) is 261 Å². The summed E-state index contributed by atoms with van der Waals surface area (Å²) in [6, 6.07) is -0.752. The summed E-state index contributed by atoms with van der Waals surface area (Å²) in [7, 11) is -10.6. The van der Waals surface area contributed by atoms with Crippen molar-refractivity contribution < 1.29 is 52.4 Å². The van der Waals surface area contributed by atoms with Gasteiger partial charge in [-0.3, -0.25) is 9.84 Å². The Labute approximate surface area is 183 Å². The minimum atomic E-state index is -5.35. The van der Waals surface area contributed by atoms with E-state index in [0.29, 0.717) is 0 Å². The molecule has 2 amide bonds. The van der Waals surface area contributed by atoms with Crippen LogP contribution in [0.2, 0.25) is 0 Å². The predicted octanol–water partition coefficient (Wildman–Crippen LogP) is -1.08. The number of phosphoric ester groups is 1. The number of nitrogens with two attached hydrogens (primary N) is 1. The fourth-order valence-corrected chi connectivity index (χ4v) is 5.15. The van der Waals surface area contributed by atoms with Gasteiger partial charge >= 0.3 is 21.7 Å². The van der Waals surface area contributed by atoms with E-state index in [-0.39, 0.29) is 28.3 Å². The highest BCUT2D eigenvalue weighted by Crippen LogP contribution is 2.58. The van der Waals surface area contributed by atoms with Crippen molar-refractivity contribution in [3.63, 3.8) is 0 Å². The van der Waals surface area contributed by atoms with E-state index in [1.54, 1.807) is 0 Å². The molecule has 2 aromatic rings. The van der Waals surface area contributed by atoms with Crippen LogP contribution in [-0.4, -0.2) is 75.7 Å². The molecule has 0 radical (unpaired) electrons. The highest BCUT2D eigenvalue weighted by atomic mass is 31.3. The van der Waals surface area contributed by atoms with Crippen molar-refractivity contribution in [3.8, 4) is 0 Å². The van der Waals surface area contributed by atoms with Crippen LogP contribution in [0.25, 0.3) is 11.0 Å². The first-order valence-electron chi connectivity index (χ1n) is 9.01. The van der Waals surface area contributed by atoms with Crippen molar-refractivity contribution in [3.05, 3.63) is 18.1 Å². The number of carbonyl (C=O) groups excluding carboxylic acids is 1. The van der Waals surface area contributed by atoms with Crippen molar-refractivity contribution in [2.75, 3.05) is 11.9 Å². The molecule has 1 saturated heterocycles. The van der Waals surface area contributed by atoms with Crippen LogP contribution in [-0.2, 0) is 22.7 Å². The van der Waals surface area contributed by atoms with E-state index in [9.17, 15) is 29.0 Å². The molecule has 4 heterocycles. The summed E-state index contributed by atoms with van der Waals surface area (Å²) in [6.07, 6.45) is -2.00. The van der Waals surface area contributed by atoms with Gasteiger partial charge in [0, 0.05) is 11.8 Å². The van der Waals surface area contributed by atoms with Crippen molar-refractivity contribution in [1.29, 1.82) is 0 Å². The lowest BCUT2D eigenvalue weighted by Crippen LogP contribution is -2.44. The van der Waals surface area contributed by atoms with E-state index in [1.165, 1.54) is 17.7 Å². The molecular weight excluding hydrogens is 490 g/mol. The number of urea groups is 1. The minimum Gasteiger partial charge on any atom is -0.387 e. The second kappa shape index (κ2) is 7.89. The second-order valence-electron chi connectivity index (χ2n) is 7.33. The maximum absolute atomic E-state index is 11.8. The van der Waals surface area contributed by atoms with Gasteiger partial charge in [0.05, 0.1) is 12.0 Å². The number of amides is 2. The highest BCUT2D eigenvalue weighted by Gasteiger charge is 2.54. The maximum Gasteiger partial charge on any atom is 0.481 e. The number of aliphatic imine (C=N–C) groups is 1. The number of hydrogen-bond donors (Lipinski definition) is 7. The molecule has 33 heavy (non-hydrogen) atoms. The molecule has 19 heteroatoms. The van der Waals surface area contributed by atoms with E-state index in [4.69, 9.17) is 20.3 Å². The number of nitrogens with zero attached hydrogens (tertiary/aromatic N) is 4. The summed E-state index contributed by atoms with van der Waals surface area (Å²) in [4.78, 5) is 50.4. The quantitative estimate of drug-likeness (QED) is 0.229. The number of ether oxygens (including phenoxy) is 1. The number of carbonyl (C=O) groups is 1. The second-order valence-corrected chi connectivity index (χ2v) is 10.2. The fourth-order valence-electron chi connectivity index (χ4n) is 3.55. The molecule has 0 saturated carbocycles. The van der Waals surface area contributed by atoms with E-state index < -0.39 is 52.3 Å². The molecule has 1 fully saturated rings. The first-order valence-corrected chi connectivity index (χ1v) is 12.0. The number of anilines is 1. The standard InChI is InChI=1S/C14H18N6O11P2/c1-14(23)8(21)6(3-29-33(27,28)31-32(24,25)26)30-12(14)20-2-5-7-10(16-4-17-11(7)20)19-13(22)18-9(5)15/h2,4,6,8,12,21,23H,3H2,1H3,(H,27,28)(H2,24,25,26)(H3,15,16,17,18,19,22)/t6-,8-,12-,14-/m1/s1. The van der Waals surface area contributed by atoms with Crippen molar-refractivity contribution in [2.24, 2.45) is 10.7 Å². The van der Waals surface area contributed by atoms with Crippen LogP contribution in [0.4, 0.5) is 10.6 Å². The van der Waals surface area contributed by atoms with Crippen molar-refractivity contribution >= 4 is 44.4 Å². The molecule has 4 rings (SSSR count). The van der Waals surface area contributed by atoms with Gasteiger partial charge in [-0.25, -0.2) is 23.9 Å². The Morgan fingerprint density at radius 3 is 2.70 bits per heavy atom. The predicted molar refractivity (Wildman–Crippen MR) is 107 cm³/mol. The van der Waals surface area contributed by atoms with Crippen LogP contribution in [0.15, 0.2) is 17.5 Å². The van der Waals surface area contributed by atoms with Gasteiger partial charge in [0.25, 0.3) is 0 Å². The number of amidine groups is 1. The summed E-state index contributed by atoms with van der Waals surface area (Å²) in [5.41, 5.74) is 4.25. The van der Waals surface area contributed by atoms with E-state index >= 15 is 0 Å². The summed E-state index contributed by atoms with van der Waals surface area (Å²) in [5, 5.41) is 24.2. The average molecular weight is 508 g/mol. The van der Waals surface area contributed by atoms with Gasteiger partial charge in [-0.05, 0) is 6.92 Å². The maximum atomic E-state index is 11.8. The molecule has 0 aliphatic carbocycles. The number of aromatic nitrogens is 3. The van der Waals surface area contributed by atoms with Crippen molar-refractivity contribution in [2.45, 2.75) is 31.0 Å². The van der Waals surface area contributed by atoms with E-state index in [2.05, 4.69) is 29.1 Å². The first kappa shape index (κ1) is 23.8. The van der Waals surface area contributed by atoms with Crippen LogP contribution < -0.4 is 11.1 Å². The number of hydrogen-bond acceptors (Lipinski definition) is 11. The lowest BCUT2D eigenvalue weighted by atomic mass is 9.96. The van der Waals surface area contributed by atoms with Crippen LogP contribution in [0.1, 0.15) is 18.7 Å². The Morgan fingerprint density at radius 1 is 1.33 bits per heavy atom. The van der Waals surface area contributed by atoms with E-state index in [1.807, 2.05) is 0 Å². The zero-order chi connectivity index (χ0) is 24.3. The number of nitrogens with one attached hydrogen (secondary N) is 1. The van der Waals surface area contributed by atoms with Gasteiger partial charge in [0.15, 0.2) is 6.23 Å². The number of phosphoric acid groups is 2. The SMILES string of the molecule is C[C@@]1(O)[C@H](O)[C@@H](COP(=O)(O)OP(=O)(O)O)O[C@H]1n1cc2c3c(ncnc31)NC(=O)N=C2N. The molecule has 1 unspecified atom stereocenters. The molecule has 0 aromatic carbocycles. The zero-order valence-corrected chi connectivity index (χ0v) is 18.3. The summed E-state index contributed by atoms with van der Waals surface area (Å²) < 4.78 is 37.6. The molecule has 0 spiro atoms. The van der Waals surface area contributed by atoms with Gasteiger partial charge in [0.1, 0.15) is 41.4 Å². The van der Waals surface area contributed by atoms with Crippen LogP contribution in [0.5, 0.6) is 0 Å². The number of rotatable bonds is 6. The Hall–Kier alpha value is -2.30. The van der Waals surface area contributed by atoms with Crippen molar-refractivity contribution in [1.82, 2.24) is 14.5 Å². The van der Waals surface area contributed by atoms with Crippen LogP contribution in [0.3, 0.4) is 0 Å². The Balaban J connectivity index is 1.67. The van der Waals surface area contributed by atoms with Crippen LogP contribution in [0, 0.1) is 0 Å².